The van der Waals surface area contributed by atoms with E-state index in [0.717, 1.165) is 73.4 Å². The standard InChI is InChI=1S/C32H49N5O3S/c1-5-29(38)34-26(19-30-35-25-13-12-24(21(3)4)18-28(25)41-30)32(40)36-27(22-10-8-7-9-11-22)20-33-31(39)23-14-16-37(6-2)17-15-23/h12-13,18,21-23,26-27H,5-11,14-17,19-20H2,1-4H3,(H,33,39)(H,34,38)(H,36,40)/t26-,27+/m0/s1. The van der Waals surface area contributed by atoms with Crippen molar-refractivity contribution in [2.24, 2.45) is 11.8 Å². The number of nitrogens with zero attached hydrogens (tertiary/aromatic N) is 2. The Labute approximate surface area is 249 Å². The zero-order valence-electron chi connectivity index (χ0n) is 25.3. The predicted molar refractivity (Wildman–Crippen MR) is 166 cm³/mol. The molecule has 2 heterocycles. The molecule has 41 heavy (non-hydrogen) atoms. The molecule has 2 atom stereocenters. The molecular formula is C32H49N5O3S. The topological polar surface area (TPSA) is 103 Å². The van der Waals surface area contributed by atoms with E-state index in [1.54, 1.807) is 18.3 Å². The van der Waals surface area contributed by atoms with Gasteiger partial charge in [0.2, 0.25) is 17.7 Å². The first-order valence-corrected chi connectivity index (χ1v) is 16.6. The van der Waals surface area contributed by atoms with E-state index in [0.29, 0.717) is 31.2 Å². The molecule has 226 valence electrons. The van der Waals surface area contributed by atoms with E-state index in [9.17, 15) is 14.4 Å². The minimum absolute atomic E-state index is 0.0346. The third-order valence-corrected chi connectivity index (χ3v) is 9.96. The summed E-state index contributed by atoms with van der Waals surface area (Å²) in [5.74, 6) is 0.515. The highest BCUT2D eigenvalue weighted by atomic mass is 32.1. The summed E-state index contributed by atoms with van der Waals surface area (Å²) in [5, 5.41) is 10.2. The van der Waals surface area contributed by atoms with Gasteiger partial charge in [-0.1, -0.05) is 53.0 Å². The van der Waals surface area contributed by atoms with Gasteiger partial charge >= 0.3 is 0 Å². The maximum atomic E-state index is 13.8. The molecule has 8 nitrogen and oxygen atoms in total. The van der Waals surface area contributed by atoms with Crippen molar-refractivity contribution in [1.82, 2.24) is 25.8 Å². The van der Waals surface area contributed by atoms with Crippen LogP contribution < -0.4 is 16.0 Å². The Kier molecular flexibility index (Phi) is 11.6. The molecule has 1 aromatic carbocycles. The summed E-state index contributed by atoms with van der Waals surface area (Å²) in [6.07, 6.45) is 7.98. The maximum Gasteiger partial charge on any atom is 0.243 e. The van der Waals surface area contributed by atoms with Gasteiger partial charge in [0.25, 0.3) is 0 Å². The Morgan fingerprint density at radius 1 is 1.02 bits per heavy atom. The zero-order valence-corrected chi connectivity index (χ0v) is 26.2. The van der Waals surface area contributed by atoms with E-state index in [2.05, 4.69) is 53.8 Å². The van der Waals surface area contributed by atoms with Crippen LogP contribution in [0, 0.1) is 11.8 Å². The Morgan fingerprint density at radius 3 is 2.41 bits per heavy atom. The van der Waals surface area contributed by atoms with Crippen LogP contribution in [0.3, 0.4) is 0 Å². The predicted octanol–water partition coefficient (Wildman–Crippen LogP) is 4.77. The van der Waals surface area contributed by atoms with E-state index in [-0.39, 0.29) is 29.7 Å². The quantitative estimate of drug-likeness (QED) is 0.334. The molecule has 4 rings (SSSR count). The van der Waals surface area contributed by atoms with Crippen molar-refractivity contribution in [2.45, 2.75) is 103 Å². The molecule has 0 radical (unpaired) electrons. The number of likely N-dealkylation sites (tertiary alicyclic amines) is 1. The van der Waals surface area contributed by atoms with Gasteiger partial charge in [0.15, 0.2) is 0 Å². The number of carbonyl (C=O) groups is 3. The molecule has 3 amide bonds. The average Bonchev–Trinajstić information content (AvgIpc) is 3.40. The molecule has 3 N–H and O–H groups in total. The van der Waals surface area contributed by atoms with Crippen molar-refractivity contribution in [3.8, 4) is 0 Å². The second kappa shape index (κ2) is 15.1. The molecule has 0 unspecified atom stereocenters. The fourth-order valence-electron chi connectivity index (χ4n) is 6.14. The monoisotopic (exact) mass is 583 g/mol. The fourth-order valence-corrected chi connectivity index (χ4v) is 7.20. The average molecular weight is 584 g/mol. The van der Waals surface area contributed by atoms with Crippen LogP contribution in [0.25, 0.3) is 10.2 Å². The second-order valence-corrected chi connectivity index (χ2v) is 13.2. The third-order valence-electron chi connectivity index (χ3n) is 8.92. The van der Waals surface area contributed by atoms with Crippen LogP contribution >= 0.6 is 11.3 Å². The SMILES string of the molecule is CCC(=O)N[C@@H](Cc1nc2ccc(C(C)C)cc2s1)C(=O)N[C@H](CNC(=O)C1CCN(CC)CC1)C1CCCCC1. The minimum Gasteiger partial charge on any atom is -0.354 e. The summed E-state index contributed by atoms with van der Waals surface area (Å²) in [6, 6.07) is 5.45. The number of thiazole rings is 1. The number of hydrogen-bond donors (Lipinski definition) is 3. The first-order valence-electron chi connectivity index (χ1n) is 15.8. The van der Waals surface area contributed by atoms with Crippen LogP contribution in [0.5, 0.6) is 0 Å². The number of amides is 3. The Morgan fingerprint density at radius 2 is 1.76 bits per heavy atom. The summed E-state index contributed by atoms with van der Waals surface area (Å²) < 4.78 is 1.10. The van der Waals surface area contributed by atoms with Crippen molar-refractivity contribution < 1.29 is 14.4 Å². The van der Waals surface area contributed by atoms with Crippen LogP contribution in [0.2, 0.25) is 0 Å². The van der Waals surface area contributed by atoms with Crippen LogP contribution in [-0.2, 0) is 20.8 Å². The fraction of sp³-hybridized carbons (Fsp3) is 0.688. The van der Waals surface area contributed by atoms with E-state index in [4.69, 9.17) is 4.98 Å². The highest BCUT2D eigenvalue weighted by Crippen LogP contribution is 2.28. The number of aromatic nitrogens is 1. The van der Waals surface area contributed by atoms with Crippen LogP contribution in [0.15, 0.2) is 18.2 Å². The van der Waals surface area contributed by atoms with Gasteiger partial charge in [-0.3, -0.25) is 14.4 Å². The zero-order chi connectivity index (χ0) is 29.4. The van der Waals surface area contributed by atoms with Gasteiger partial charge in [0.1, 0.15) is 6.04 Å². The normalized spacial score (nSPS) is 18.8. The van der Waals surface area contributed by atoms with E-state index >= 15 is 0 Å². The van der Waals surface area contributed by atoms with Crippen molar-refractivity contribution in [2.75, 3.05) is 26.2 Å². The van der Waals surface area contributed by atoms with Gasteiger partial charge in [-0.15, -0.1) is 11.3 Å². The number of carbonyl (C=O) groups excluding carboxylic acids is 3. The summed E-state index contributed by atoms with van der Waals surface area (Å²) in [6.45, 7) is 11.7. The number of rotatable bonds is 12. The highest BCUT2D eigenvalue weighted by Gasteiger charge is 2.31. The van der Waals surface area contributed by atoms with Gasteiger partial charge < -0.3 is 20.9 Å². The molecule has 0 bridgehead atoms. The number of hydrogen-bond acceptors (Lipinski definition) is 6. The first-order chi connectivity index (χ1) is 19.8. The molecule has 2 fully saturated rings. The lowest BCUT2D eigenvalue weighted by atomic mass is 9.83. The molecular weight excluding hydrogens is 534 g/mol. The van der Waals surface area contributed by atoms with Gasteiger partial charge in [0, 0.05) is 31.3 Å². The van der Waals surface area contributed by atoms with Gasteiger partial charge in [-0.05, 0) is 74.8 Å². The van der Waals surface area contributed by atoms with Gasteiger partial charge in [-0.2, -0.15) is 0 Å². The summed E-state index contributed by atoms with van der Waals surface area (Å²) in [4.78, 5) is 46.5. The molecule has 2 aliphatic rings. The third kappa shape index (κ3) is 8.74. The molecule has 1 aliphatic carbocycles. The first kappa shape index (κ1) is 31.4. The van der Waals surface area contributed by atoms with Crippen molar-refractivity contribution in [1.29, 1.82) is 0 Å². The number of fused-ring (bicyclic) bond motifs is 1. The molecule has 0 spiro atoms. The molecule has 2 aromatic rings. The van der Waals surface area contributed by atoms with Crippen molar-refractivity contribution in [3.63, 3.8) is 0 Å². The van der Waals surface area contributed by atoms with Gasteiger partial charge in [0.05, 0.1) is 15.2 Å². The highest BCUT2D eigenvalue weighted by molar-refractivity contribution is 7.18. The minimum atomic E-state index is -0.715. The van der Waals surface area contributed by atoms with Crippen molar-refractivity contribution in [3.05, 3.63) is 28.8 Å². The number of piperidine rings is 1. The number of benzene rings is 1. The second-order valence-electron chi connectivity index (χ2n) is 12.1. The Balaban J connectivity index is 1.45. The Bertz CT molecular complexity index is 1170. The van der Waals surface area contributed by atoms with E-state index < -0.39 is 6.04 Å². The number of nitrogens with one attached hydrogen (secondary N) is 3. The lowest BCUT2D eigenvalue weighted by molar-refractivity contribution is -0.130. The van der Waals surface area contributed by atoms with Gasteiger partial charge in [-0.25, -0.2) is 4.98 Å². The van der Waals surface area contributed by atoms with E-state index in [1.165, 1.54) is 12.0 Å². The Hall–Kier alpha value is -2.52. The summed E-state index contributed by atoms with van der Waals surface area (Å²) in [5.41, 5.74) is 2.18. The van der Waals surface area contributed by atoms with Crippen LogP contribution in [0.1, 0.15) is 95.6 Å². The van der Waals surface area contributed by atoms with Crippen molar-refractivity contribution >= 4 is 39.3 Å². The van der Waals surface area contributed by atoms with Crippen LogP contribution in [-0.4, -0.2) is 65.9 Å². The lowest BCUT2D eigenvalue weighted by Crippen LogP contribution is -2.55. The maximum absolute atomic E-state index is 13.8. The lowest BCUT2D eigenvalue weighted by Gasteiger charge is -2.34. The summed E-state index contributed by atoms with van der Waals surface area (Å²) in [7, 11) is 0. The summed E-state index contributed by atoms with van der Waals surface area (Å²) >= 11 is 1.59. The molecule has 1 saturated carbocycles. The molecule has 1 aliphatic heterocycles. The molecule has 9 heteroatoms. The molecule has 1 saturated heterocycles. The van der Waals surface area contributed by atoms with E-state index in [1.807, 2.05) is 6.07 Å². The molecule has 1 aromatic heterocycles. The smallest absolute Gasteiger partial charge is 0.243 e. The largest absolute Gasteiger partial charge is 0.354 e. The van der Waals surface area contributed by atoms with Crippen LogP contribution in [0.4, 0.5) is 0 Å².